The number of carbonyl (C=O) groups is 1. The minimum absolute atomic E-state index is 0.0178. The number of anilines is 3. The molecule has 1 aromatic heterocycles. The Balaban J connectivity index is 1.61. The Kier molecular flexibility index (Phi) is 5.55. The van der Waals surface area contributed by atoms with Crippen molar-refractivity contribution in [2.45, 2.75) is 20.0 Å². The van der Waals surface area contributed by atoms with Crippen LogP contribution in [0.15, 0.2) is 48.5 Å². The maximum Gasteiger partial charge on any atom is 0.310 e. The summed E-state index contributed by atoms with van der Waals surface area (Å²) >= 11 is 0. The Labute approximate surface area is 155 Å². The molecule has 0 saturated carbocycles. The van der Waals surface area contributed by atoms with Crippen LogP contribution in [0.3, 0.4) is 0 Å². The van der Waals surface area contributed by atoms with Crippen molar-refractivity contribution in [3.05, 3.63) is 71.3 Å². The van der Waals surface area contributed by atoms with Gasteiger partial charge in [-0.15, -0.1) is 0 Å². The molecule has 27 heavy (non-hydrogen) atoms. The lowest BCUT2D eigenvalue weighted by Crippen LogP contribution is -2.12. The van der Waals surface area contributed by atoms with E-state index in [1.165, 1.54) is 24.3 Å². The molecule has 0 bridgehead atoms. The van der Waals surface area contributed by atoms with Crippen LogP contribution in [-0.4, -0.2) is 20.9 Å². The predicted octanol–water partition coefficient (Wildman–Crippen LogP) is 2.93. The molecule has 0 aliphatic carbocycles. The van der Waals surface area contributed by atoms with E-state index in [2.05, 4.69) is 20.3 Å². The molecule has 0 spiro atoms. The summed E-state index contributed by atoms with van der Waals surface area (Å²) in [6, 6.07) is 13.3. The van der Waals surface area contributed by atoms with Crippen molar-refractivity contribution in [1.29, 1.82) is 0 Å². The second-order valence-corrected chi connectivity index (χ2v) is 5.89. The van der Waals surface area contributed by atoms with Gasteiger partial charge in [-0.1, -0.05) is 29.8 Å². The van der Waals surface area contributed by atoms with Crippen molar-refractivity contribution in [1.82, 2.24) is 15.0 Å². The number of nitrogens with one attached hydrogen (secondary N) is 1. The summed E-state index contributed by atoms with van der Waals surface area (Å²) in [5.41, 5.74) is 8.28. The van der Waals surface area contributed by atoms with Gasteiger partial charge >= 0.3 is 5.97 Å². The third kappa shape index (κ3) is 5.46. The van der Waals surface area contributed by atoms with E-state index >= 15 is 0 Å². The molecule has 3 aromatic rings. The van der Waals surface area contributed by atoms with Gasteiger partial charge in [-0.2, -0.15) is 15.0 Å². The molecule has 3 N–H and O–H groups in total. The molecule has 0 amide bonds. The number of hydrogen-bond acceptors (Lipinski definition) is 7. The van der Waals surface area contributed by atoms with Crippen LogP contribution < -0.4 is 11.1 Å². The second kappa shape index (κ2) is 8.22. The maximum atomic E-state index is 12.9. The minimum Gasteiger partial charge on any atom is -0.457 e. The number of rotatable bonds is 6. The molecular weight excluding hydrogens is 349 g/mol. The third-order valence-corrected chi connectivity index (χ3v) is 3.63. The van der Waals surface area contributed by atoms with E-state index in [9.17, 15) is 9.18 Å². The van der Waals surface area contributed by atoms with Crippen LogP contribution >= 0.6 is 0 Å². The van der Waals surface area contributed by atoms with E-state index in [4.69, 9.17) is 10.5 Å². The van der Waals surface area contributed by atoms with Crippen molar-refractivity contribution in [2.24, 2.45) is 0 Å². The first-order valence-electron chi connectivity index (χ1n) is 8.22. The zero-order valence-electron chi connectivity index (χ0n) is 14.6. The smallest absolute Gasteiger partial charge is 0.310 e. The van der Waals surface area contributed by atoms with Gasteiger partial charge in [0.25, 0.3) is 0 Å². The van der Waals surface area contributed by atoms with E-state index in [1.807, 2.05) is 31.2 Å². The molecule has 0 radical (unpaired) electrons. The second-order valence-electron chi connectivity index (χ2n) is 5.89. The number of aryl methyl sites for hydroxylation is 1. The minimum atomic E-state index is -0.478. The number of aromatic nitrogens is 3. The molecule has 2 aromatic carbocycles. The molecule has 0 unspecified atom stereocenters. The Morgan fingerprint density at radius 3 is 2.48 bits per heavy atom. The van der Waals surface area contributed by atoms with Gasteiger partial charge in [0.05, 0.1) is 6.42 Å². The normalized spacial score (nSPS) is 10.4. The van der Waals surface area contributed by atoms with Crippen molar-refractivity contribution in [3.8, 4) is 0 Å². The maximum absolute atomic E-state index is 12.9. The van der Waals surface area contributed by atoms with Crippen molar-refractivity contribution in [3.63, 3.8) is 0 Å². The summed E-state index contributed by atoms with van der Waals surface area (Å²) in [5, 5.41) is 3.03. The summed E-state index contributed by atoms with van der Waals surface area (Å²) in [5.74, 6) is -0.334. The zero-order chi connectivity index (χ0) is 19.2. The Morgan fingerprint density at radius 1 is 1.07 bits per heavy atom. The standard InChI is InChI=1S/C19H18FN5O2/c1-12-2-8-15(9-3-12)22-19-24-16(23-18(21)25-19)11-27-17(26)10-13-4-6-14(20)7-5-13/h2-9H,10-11H2,1H3,(H3,21,22,23,24,25). The molecule has 0 fully saturated rings. The number of benzene rings is 2. The van der Waals surface area contributed by atoms with Crippen LogP contribution in [0.2, 0.25) is 0 Å². The first-order chi connectivity index (χ1) is 13.0. The highest BCUT2D eigenvalue weighted by Gasteiger charge is 2.10. The topological polar surface area (TPSA) is 103 Å². The zero-order valence-corrected chi connectivity index (χ0v) is 14.6. The summed E-state index contributed by atoms with van der Waals surface area (Å²) < 4.78 is 18.1. The lowest BCUT2D eigenvalue weighted by molar-refractivity contribution is -0.144. The number of halogens is 1. The highest BCUT2D eigenvalue weighted by molar-refractivity contribution is 5.72. The highest BCUT2D eigenvalue weighted by Crippen LogP contribution is 2.14. The quantitative estimate of drug-likeness (QED) is 0.646. The first kappa shape index (κ1) is 18.2. The van der Waals surface area contributed by atoms with E-state index in [0.29, 0.717) is 5.56 Å². The van der Waals surface area contributed by atoms with Gasteiger partial charge in [0.2, 0.25) is 11.9 Å². The third-order valence-electron chi connectivity index (χ3n) is 3.63. The Bertz CT molecular complexity index is 930. The Morgan fingerprint density at radius 2 is 1.78 bits per heavy atom. The van der Waals surface area contributed by atoms with Crippen LogP contribution in [0, 0.1) is 12.7 Å². The molecule has 138 valence electrons. The molecule has 0 aliphatic rings. The number of carbonyl (C=O) groups excluding carboxylic acids is 1. The molecule has 1 heterocycles. The van der Waals surface area contributed by atoms with Crippen LogP contribution in [0.1, 0.15) is 17.0 Å². The van der Waals surface area contributed by atoms with E-state index in [-0.39, 0.29) is 36.6 Å². The molecule has 7 nitrogen and oxygen atoms in total. The monoisotopic (exact) mass is 367 g/mol. The van der Waals surface area contributed by atoms with Gasteiger partial charge < -0.3 is 15.8 Å². The average Bonchev–Trinajstić information content (AvgIpc) is 2.63. The number of ether oxygens (including phenoxy) is 1. The fraction of sp³-hybridized carbons (Fsp3) is 0.158. The van der Waals surface area contributed by atoms with Crippen molar-refractivity contribution >= 4 is 23.6 Å². The van der Waals surface area contributed by atoms with Gasteiger partial charge in [0.1, 0.15) is 5.82 Å². The Hall–Kier alpha value is -3.55. The highest BCUT2D eigenvalue weighted by atomic mass is 19.1. The molecule has 0 saturated heterocycles. The lowest BCUT2D eigenvalue weighted by atomic mass is 10.1. The molecule has 0 atom stereocenters. The van der Waals surface area contributed by atoms with Gasteiger partial charge in [-0.25, -0.2) is 4.39 Å². The molecule has 8 heteroatoms. The number of nitrogens with zero attached hydrogens (tertiary/aromatic N) is 3. The first-order valence-corrected chi connectivity index (χ1v) is 8.22. The SMILES string of the molecule is Cc1ccc(Nc2nc(N)nc(COC(=O)Cc3ccc(F)cc3)n2)cc1. The largest absolute Gasteiger partial charge is 0.457 e. The van der Waals surface area contributed by atoms with Crippen LogP contribution in [0.5, 0.6) is 0 Å². The number of esters is 1. The van der Waals surface area contributed by atoms with E-state index in [0.717, 1.165) is 11.3 Å². The van der Waals surface area contributed by atoms with Crippen LogP contribution in [0.4, 0.5) is 22.0 Å². The van der Waals surface area contributed by atoms with Crippen LogP contribution in [-0.2, 0) is 22.6 Å². The van der Waals surface area contributed by atoms with Crippen LogP contribution in [0.25, 0.3) is 0 Å². The summed E-state index contributed by atoms with van der Waals surface area (Å²) in [7, 11) is 0. The van der Waals surface area contributed by atoms with Crippen molar-refractivity contribution in [2.75, 3.05) is 11.1 Å². The fourth-order valence-electron chi connectivity index (χ4n) is 2.29. The average molecular weight is 367 g/mol. The number of nitrogen functional groups attached to an aromatic ring is 1. The van der Waals surface area contributed by atoms with Gasteiger partial charge in [-0.3, -0.25) is 4.79 Å². The lowest BCUT2D eigenvalue weighted by Gasteiger charge is -2.08. The van der Waals surface area contributed by atoms with Gasteiger partial charge in [0.15, 0.2) is 12.4 Å². The van der Waals surface area contributed by atoms with E-state index in [1.54, 1.807) is 0 Å². The summed E-state index contributed by atoms with van der Waals surface area (Å²) in [6.45, 7) is 1.85. The number of hydrogen-bond donors (Lipinski definition) is 2. The number of nitrogens with two attached hydrogens (primary N) is 1. The van der Waals surface area contributed by atoms with Crippen molar-refractivity contribution < 1.29 is 13.9 Å². The van der Waals surface area contributed by atoms with E-state index < -0.39 is 5.97 Å². The summed E-state index contributed by atoms with van der Waals surface area (Å²) in [6.07, 6.45) is 0.0231. The molecule has 3 rings (SSSR count). The van der Waals surface area contributed by atoms with Gasteiger partial charge in [-0.05, 0) is 36.8 Å². The summed E-state index contributed by atoms with van der Waals surface area (Å²) in [4.78, 5) is 24.1. The van der Waals surface area contributed by atoms with Gasteiger partial charge in [0, 0.05) is 5.69 Å². The fourth-order valence-corrected chi connectivity index (χ4v) is 2.29. The molecular formula is C19H18FN5O2. The molecule has 0 aliphatic heterocycles. The predicted molar refractivity (Wildman–Crippen MR) is 98.6 cm³/mol.